The number of anilines is 1. The maximum absolute atomic E-state index is 5.60. The summed E-state index contributed by atoms with van der Waals surface area (Å²) in [7, 11) is 0. The molecule has 0 atom stereocenters. The Labute approximate surface area is 81.5 Å². The van der Waals surface area contributed by atoms with Crippen LogP contribution in [0, 0.1) is 20.8 Å². The van der Waals surface area contributed by atoms with Crippen molar-refractivity contribution in [1.29, 1.82) is 0 Å². The van der Waals surface area contributed by atoms with Gasteiger partial charge in [-0.3, -0.25) is 4.57 Å². The maximum Gasteiger partial charge on any atom is 0.157 e. The minimum Gasteiger partial charge on any atom is -0.382 e. The molecule has 0 bridgehead atoms. The van der Waals surface area contributed by atoms with E-state index in [1.54, 1.807) is 6.20 Å². The van der Waals surface area contributed by atoms with Crippen LogP contribution in [-0.2, 0) is 0 Å². The van der Waals surface area contributed by atoms with Crippen molar-refractivity contribution in [3.63, 3.8) is 0 Å². The molecule has 2 aromatic heterocycles. The molecule has 2 N–H and O–H groups in total. The number of hydrogen-bond donors (Lipinski definition) is 1. The predicted octanol–water partition coefficient (Wildman–Crippen LogP) is 1.37. The van der Waals surface area contributed by atoms with Crippen molar-refractivity contribution in [2.75, 3.05) is 5.73 Å². The summed E-state index contributed by atoms with van der Waals surface area (Å²) in [5.74, 6) is 2.10. The zero-order valence-corrected chi connectivity index (χ0v) is 8.40. The Kier molecular flexibility index (Phi) is 1.80. The third-order valence-corrected chi connectivity index (χ3v) is 2.14. The second-order valence-corrected chi connectivity index (χ2v) is 3.26. The molecule has 2 heterocycles. The summed E-state index contributed by atoms with van der Waals surface area (Å²) in [6.45, 7) is 5.65. The van der Waals surface area contributed by atoms with Gasteiger partial charge in [-0.25, -0.2) is 4.98 Å². The zero-order chi connectivity index (χ0) is 10.3. The Morgan fingerprint density at radius 1 is 1.36 bits per heavy atom. The molecule has 5 nitrogen and oxygen atoms in total. The first kappa shape index (κ1) is 8.80. The number of hydrogen-bond acceptors (Lipinski definition) is 4. The highest BCUT2D eigenvalue weighted by molar-refractivity contribution is 5.43. The van der Waals surface area contributed by atoms with E-state index >= 15 is 0 Å². The highest BCUT2D eigenvalue weighted by Gasteiger charge is 2.13. The lowest BCUT2D eigenvalue weighted by Crippen LogP contribution is -1.97. The Bertz CT molecular complexity index is 450. The number of imidazole rings is 1. The first-order valence-corrected chi connectivity index (χ1v) is 4.34. The van der Waals surface area contributed by atoms with Crippen molar-refractivity contribution in [2.24, 2.45) is 0 Å². The fourth-order valence-corrected chi connectivity index (χ4v) is 1.54. The maximum atomic E-state index is 5.60. The van der Waals surface area contributed by atoms with Gasteiger partial charge >= 0.3 is 0 Å². The topological polar surface area (TPSA) is 69.9 Å². The molecular formula is C9H12N4O. The summed E-state index contributed by atoms with van der Waals surface area (Å²) in [4.78, 5) is 4.12. The lowest BCUT2D eigenvalue weighted by Gasteiger charge is -2.01. The summed E-state index contributed by atoms with van der Waals surface area (Å²) in [5, 5.41) is 3.88. The summed E-state index contributed by atoms with van der Waals surface area (Å²) < 4.78 is 6.96. The van der Waals surface area contributed by atoms with Crippen LogP contribution in [0.1, 0.15) is 17.3 Å². The summed E-state index contributed by atoms with van der Waals surface area (Å²) in [6, 6.07) is 0. The molecule has 0 aliphatic rings. The van der Waals surface area contributed by atoms with Crippen molar-refractivity contribution in [1.82, 2.24) is 14.7 Å². The minimum atomic E-state index is 0.502. The Balaban J connectivity index is 2.65. The SMILES string of the molecule is Cc1noc(C)c1-n1cc(N)nc1C. The smallest absolute Gasteiger partial charge is 0.157 e. The molecular weight excluding hydrogens is 180 g/mol. The van der Waals surface area contributed by atoms with E-state index in [1.807, 2.05) is 25.3 Å². The summed E-state index contributed by atoms with van der Waals surface area (Å²) >= 11 is 0. The van der Waals surface area contributed by atoms with Crippen LogP contribution in [0.25, 0.3) is 5.69 Å². The van der Waals surface area contributed by atoms with Gasteiger partial charge in [0, 0.05) is 0 Å². The highest BCUT2D eigenvalue weighted by Crippen LogP contribution is 2.20. The molecule has 0 amide bonds. The number of rotatable bonds is 1. The van der Waals surface area contributed by atoms with Gasteiger partial charge in [0.15, 0.2) is 5.76 Å². The molecule has 0 fully saturated rings. The van der Waals surface area contributed by atoms with Crippen LogP contribution < -0.4 is 5.73 Å². The highest BCUT2D eigenvalue weighted by atomic mass is 16.5. The van der Waals surface area contributed by atoms with Gasteiger partial charge in [-0.05, 0) is 20.8 Å². The quantitative estimate of drug-likeness (QED) is 0.740. The van der Waals surface area contributed by atoms with Crippen LogP contribution in [-0.4, -0.2) is 14.7 Å². The van der Waals surface area contributed by atoms with Crippen LogP contribution in [0.2, 0.25) is 0 Å². The standard InChI is InChI=1S/C9H12N4O/c1-5-9(6(2)14-12-5)13-4-8(10)11-7(13)3/h4H,10H2,1-3H3. The van der Waals surface area contributed by atoms with E-state index in [-0.39, 0.29) is 0 Å². The monoisotopic (exact) mass is 192 g/mol. The average Bonchev–Trinajstić information content (AvgIpc) is 2.57. The molecule has 0 unspecified atom stereocenters. The van der Waals surface area contributed by atoms with E-state index in [1.165, 1.54) is 0 Å². The molecule has 0 saturated carbocycles. The van der Waals surface area contributed by atoms with E-state index in [2.05, 4.69) is 10.1 Å². The Morgan fingerprint density at radius 2 is 2.07 bits per heavy atom. The molecule has 0 saturated heterocycles. The lowest BCUT2D eigenvalue weighted by molar-refractivity contribution is 0.393. The van der Waals surface area contributed by atoms with E-state index < -0.39 is 0 Å². The van der Waals surface area contributed by atoms with Gasteiger partial charge in [-0.15, -0.1) is 0 Å². The third-order valence-electron chi connectivity index (χ3n) is 2.14. The van der Waals surface area contributed by atoms with Gasteiger partial charge in [-0.1, -0.05) is 5.16 Å². The van der Waals surface area contributed by atoms with Gasteiger partial charge < -0.3 is 10.3 Å². The summed E-state index contributed by atoms with van der Waals surface area (Å²) in [6.07, 6.45) is 1.77. The van der Waals surface area contributed by atoms with Crippen LogP contribution in [0.15, 0.2) is 10.7 Å². The minimum absolute atomic E-state index is 0.502. The largest absolute Gasteiger partial charge is 0.382 e. The average molecular weight is 192 g/mol. The fourth-order valence-electron chi connectivity index (χ4n) is 1.54. The first-order chi connectivity index (χ1) is 6.59. The van der Waals surface area contributed by atoms with Gasteiger partial charge in [0.25, 0.3) is 0 Å². The third kappa shape index (κ3) is 1.17. The summed E-state index contributed by atoms with van der Waals surface area (Å²) in [5.41, 5.74) is 7.36. The zero-order valence-electron chi connectivity index (χ0n) is 8.40. The molecule has 2 aromatic rings. The fraction of sp³-hybridized carbons (Fsp3) is 0.333. The van der Waals surface area contributed by atoms with Gasteiger partial charge in [-0.2, -0.15) is 0 Å². The number of aryl methyl sites for hydroxylation is 3. The molecule has 0 radical (unpaired) electrons. The van der Waals surface area contributed by atoms with Crippen LogP contribution >= 0.6 is 0 Å². The number of nitrogen functional groups attached to an aromatic ring is 1. The normalized spacial score (nSPS) is 10.8. The lowest BCUT2D eigenvalue weighted by atomic mass is 10.3. The molecule has 74 valence electrons. The van der Waals surface area contributed by atoms with E-state index in [4.69, 9.17) is 10.3 Å². The number of nitrogens with two attached hydrogens (primary N) is 1. The Hall–Kier alpha value is -1.78. The first-order valence-electron chi connectivity index (χ1n) is 4.34. The van der Waals surface area contributed by atoms with E-state index in [9.17, 15) is 0 Å². The van der Waals surface area contributed by atoms with Crippen molar-refractivity contribution >= 4 is 5.82 Å². The molecule has 0 spiro atoms. The molecule has 0 aliphatic heterocycles. The van der Waals surface area contributed by atoms with Crippen molar-refractivity contribution < 1.29 is 4.52 Å². The second kappa shape index (κ2) is 2.87. The van der Waals surface area contributed by atoms with Crippen molar-refractivity contribution in [3.8, 4) is 5.69 Å². The molecule has 14 heavy (non-hydrogen) atoms. The molecule has 2 rings (SSSR count). The second-order valence-electron chi connectivity index (χ2n) is 3.26. The Morgan fingerprint density at radius 3 is 2.50 bits per heavy atom. The van der Waals surface area contributed by atoms with Crippen molar-refractivity contribution in [3.05, 3.63) is 23.5 Å². The van der Waals surface area contributed by atoms with E-state index in [0.29, 0.717) is 5.82 Å². The molecule has 0 aliphatic carbocycles. The van der Waals surface area contributed by atoms with Gasteiger partial charge in [0.2, 0.25) is 0 Å². The molecule has 0 aromatic carbocycles. The number of aromatic nitrogens is 3. The van der Waals surface area contributed by atoms with Gasteiger partial charge in [0.1, 0.15) is 23.0 Å². The van der Waals surface area contributed by atoms with Crippen molar-refractivity contribution in [2.45, 2.75) is 20.8 Å². The van der Waals surface area contributed by atoms with Gasteiger partial charge in [0.05, 0.1) is 6.20 Å². The molecule has 5 heteroatoms. The van der Waals surface area contributed by atoms with Crippen LogP contribution in [0.3, 0.4) is 0 Å². The van der Waals surface area contributed by atoms with E-state index in [0.717, 1.165) is 23.0 Å². The number of nitrogens with zero attached hydrogens (tertiary/aromatic N) is 3. The van der Waals surface area contributed by atoms with Crippen LogP contribution in [0.5, 0.6) is 0 Å². The predicted molar refractivity (Wildman–Crippen MR) is 52.2 cm³/mol. The van der Waals surface area contributed by atoms with Crippen LogP contribution in [0.4, 0.5) is 5.82 Å².